The van der Waals surface area contributed by atoms with E-state index < -0.39 is 11.6 Å². The average molecular weight is 336 g/mol. The fourth-order valence-electron chi connectivity index (χ4n) is 4.06. The molecule has 5 heteroatoms. The van der Waals surface area contributed by atoms with E-state index in [2.05, 4.69) is 11.9 Å². The molecule has 2 aliphatic rings. The lowest BCUT2D eigenvalue weighted by molar-refractivity contribution is -0.130. The number of likely N-dealkylation sites (tertiary alicyclic amines) is 2. The monoisotopic (exact) mass is 336 g/mol. The van der Waals surface area contributed by atoms with Crippen molar-refractivity contribution < 1.29 is 13.6 Å². The largest absolute Gasteiger partial charge is 0.342 e. The number of rotatable bonds is 2. The van der Waals surface area contributed by atoms with E-state index in [9.17, 15) is 13.6 Å². The van der Waals surface area contributed by atoms with Gasteiger partial charge in [0.2, 0.25) is 5.91 Å². The van der Waals surface area contributed by atoms with Gasteiger partial charge in [-0.1, -0.05) is 12.1 Å². The maximum absolute atomic E-state index is 13.8. The molecule has 2 fully saturated rings. The molecule has 3 rings (SSSR count). The van der Waals surface area contributed by atoms with E-state index in [1.807, 2.05) is 4.90 Å². The van der Waals surface area contributed by atoms with E-state index >= 15 is 0 Å². The molecule has 1 aromatic carbocycles. The third-order valence-electron chi connectivity index (χ3n) is 5.82. The van der Waals surface area contributed by atoms with Gasteiger partial charge in [-0.15, -0.1) is 0 Å². The highest BCUT2D eigenvalue weighted by atomic mass is 19.2. The van der Waals surface area contributed by atoms with E-state index in [1.54, 1.807) is 0 Å². The number of piperidine rings is 1. The molecule has 1 amide bonds. The van der Waals surface area contributed by atoms with E-state index in [4.69, 9.17) is 0 Å². The Bertz CT molecular complexity index is 597. The minimum Gasteiger partial charge on any atom is -0.342 e. The molecule has 0 bridgehead atoms. The first-order valence-electron chi connectivity index (χ1n) is 8.88. The van der Waals surface area contributed by atoms with Gasteiger partial charge in [-0.05, 0) is 63.7 Å². The van der Waals surface area contributed by atoms with Gasteiger partial charge in [0, 0.05) is 18.7 Å². The van der Waals surface area contributed by atoms with Crippen molar-refractivity contribution in [1.29, 1.82) is 0 Å². The number of halogens is 2. The summed E-state index contributed by atoms with van der Waals surface area (Å²) in [5.74, 6) is -1.88. The van der Waals surface area contributed by atoms with Crippen LogP contribution in [0.2, 0.25) is 0 Å². The SMILES string of the molecule is CN1CCC2(CCCN(C(=O)Cc3cccc(F)c3F)CC2)CC1. The highest BCUT2D eigenvalue weighted by Gasteiger charge is 2.36. The van der Waals surface area contributed by atoms with Gasteiger partial charge in [-0.3, -0.25) is 4.79 Å². The summed E-state index contributed by atoms with van der Waals surface area (Å²) in [4.78, 5) is 16.7. The summed E-state index contributed by atoms with van der Waals surface area (Å²) in [6.45, 7) is 3.72. The topological polar surface area (TPSA) is 23.6 Å². The predicted octanol–water partition coefficient (Wildman–Crippen LogP) is 3.23. The van der Waals surface area contributed by atoms with Crippen LogP contribution < -0.4 is 0 Å². The van der Waals surface area contributed by atoms with Crippen LogP contribution >= 0.6 is 0 Å². The molecule has 2 aliphatic heterocycles. The zero-order chi connectivity index (χ0) is 17.2. The third-order valence-corrected chi connectivity index (χ3v) is 5.82. The Morgan fingerprint density at radius 2 is 1.79 bits per heavy atom. The molecule has 0 unspecified atom stereocenters. The van der Waals surface area contributed by atoms with Crippen LogP contribution in [0.15, 0.2) is 18.2 Å². The zero-order valence-corrected chi connectivity index (χ0v) is 14.4. The quantitative estimate of drug-likeness (QED) is 0.828. The molecule has 24 heavy (non-hydrogen) atoms. The van der Waals surface area contributed by atoms with Crippen LogP contribution in [0.3, 0.4) is 0 Å². The lowest BCUT2D eigenvalue weighted by Crippen LogP contribution is -2.39. The van der Waals surface area contributed by atoms with E-state index in [0.29, 0.717) is 5.41 Å². The fraction of sp³-hybridized carbons (Fsp3) is 0.632. The molecular formula is C19H26F2N2O. The van der Waals surface area contributed by atoms with Crippen LogP contribution in [0.4, 0.5) is 8.78 Å². The van der Waals surface area contributed by atoms with E-state index in [0.717, 1.165) is 45.1 Å². The fourth-order valence-corrected chi connectivity index (χ4v) is 4.06. The first kappa shape index (κ1) is 17.3. The summed E-state index contributed by atoms with van der Waals surface area (Å²) in [6, 6.07) is 4.03. The molecule has 2 saturated heterocycles. The molecule has 1 spiro atoms. The maximum atomic E-state index is 13.8. The van der Waals surface area contributed by atoms with Gasteiger partial charge in [-0.2, -0.15) is 0 Å². The summed E-state index contributed by atoms with van der Waals surface area (Å²) >= 11 is 0. The van der Waals surface area contributed by atoms with Gasteiger partial charge in [-0.25, -0.2) is 8.78 Å². The number of hydrogen-bond acceptors (Lipinski definition) is 2. The lowest BCUT2D eigenvalue weighted by atomic mass is 9.73. The average Bonchev–Trinajstić information content (AvgIpc) is 2.78. The Morgan fingerprint density at radius 1 is 1.08 bits per heavy atom. The lowest BCUT2D eigenvalue weighted by Gasteiger charge is -2.40. The van der Waals surface area contributed by atoms with Gasteiger partial charge in [0.15, 0.2) is 11.6 Å². The van der Waals surface area contributed by atoms with Crippen molar-refractivity contribution in [3.63, 3.8) is 0 Å². The minimum atomic E-state index is -0.896. The highest BCUT2D eigenvalue weighted by molar-refractivity contribution is 5.78. The van der Waals surface area contributed by atoms with Crippen LogP contribution in [0.1, 0.15) is 37.7 Å². The molecule has 132 valence electrons. The number of carbonyl (C=O) groups excluding carboxylic acids is 1. The van der Waals surface area contributed by atoms with Crippen molar-refractivity contribution in [3.8, 4) is 0 Å². The smallest absolute Gasteiger partial charge is 0.227 e. The van der Waals surface area contributed by atoms with Crippen LogP contribution in [0.25, 0.3) is 0 Å². The molecule has 2 heterocycles. The van der Waals surface area contributed by atoms with Crippen molar-refractivity contribution in [2.75, 3.05) is 33.2 Å². The van der Waals surface area contributed by atoms with Crippen molar-refractivity contribution in [3.05, 3.63) is 35.4 Å². The molecule has 0 atom stereocenters. The second kappa shape index (κ2) is 7.18. The van der Waals surface area contributed by atoms with Crippen molar-refractivity contribution in [2.24, 2.45) is 5.41 Å². The number of amides is 1. The molecule has 3 nitrogen and oxygen atoms in total. The number of nitrogens with zero attached hydrogens (tertiary/aromatic N) is 2. The van der Waals surface area contributed by atoms with Crippen LogP contribution in [0.5, 0.6) is 0 Å². The van der Waals surface area contributed by atoms with E-state index in [-0.39, 0.29) is 17.9 Å². The van der Waals surface area contributed by atoms with Crippen LogP contribution in [0, 0.1) is 17.0 Å². The Hall–Kier alpha value is -1.49. The molecule has 0 N–H and O–H groups in total. The minimum absolute atomic E-state index is 0.0562. The Kier molecular flexibility index (Phi) is 5.18. The number of benzene rings is 1. The number of hydrogen-bond donors (Lipinski definition) is 0. The summed E-state index contributed by atoms with van der Waals surface area (Å²) in [7, 11) is 2.16. The summed E-state index contributed by atoms with van der Waals surface area (Å²) in [5.41, 5.74) is 0.518. The van der Waals surface area contributed by atoms with Gasteiger partial charge < -0.3 is 9.80 Å². The van der Waals surface area contributed by atoms with Crippen LogP contribution in [-0.2, 0) is 11.2 Å². The highest BCUT2D eigenvalue weighted by Crippen LogP contribution is 2.41. The first-order chi connectivity index (χ1) is 11.5. The molecular weight excluding hydrogens is 310 g/mol. The maximum Gasteiger partial charge on any atom is 0.227 e. The first-order valence-corrected chi connectivity index (χ1v) is 8.88. The van der Waals surface area contributed by atoms with Gasteiger partial charge in [0.25, 0.3) is 0 Å². The normalized spacial score (nSPS) is 21.7. The Morgan fingerprint density at radius 3 is 2.54 bits per heavy atom. The molecule has 0 radical (unpaired) electrons. The molecule has 0 aromatic heterocycles. The second-order valence-electron chi connectivity index (χ2n) is 7.43. The summed E-state index contributed by atoms with van der Waals surface area (Å²) in [5, 5.41) is 0. The predicted molar refractivity (Wildman–Crippen MR) is 89.7 cm³/mol. The molecule has 0 saturated carbocycles. The van der Waals surface area contributed by atoms with E-state index in [1.165, 1.54) is 31.4 Å². The second-order valence-corrected chi connectivity index (χ2v) is 7.43. The Labute approximate surface area is 142 Å². The molecule has 0 aliphatic carbocycles. The third kappa shape index (κ3) is 3.77. The Balaban J connectivity index is 1.61. The van der Waals surface area contributed by atoms with Gasteiger partial charge in [0.05, 0.1) is 6.42 Å². The van der Waals surface area contributed by atoms with Gasteiger partial charge >= 0.3 is 0 Å². The van der Waals surface area contributed by atoms with Crippen molar-refractivity contribution >= 4 is 5.91 Å². The van der Waals surface area contributed by atoms with Crippen LogP contribution in [-0.4, -0.2) is 48.9 Å². The number of carbonyl (C=O) groups is 1. The van der Waals surface area contributed by atoms with Gasteiger partial charge in [0.1, 0.15) is 0 Å². The van der Waals surface area contributed by atoms with Crippen molar-refractivity contribution in [1.82, 2.24) is 9.80 Å². The summed E-state index contributed by atoms with van der Waals surface area (Å²) in [6.07, 6.45) is 5.53. The molecule has 1 aromatic rings. The summed E-state index contributed by atoms with van der Waals surface area (Å²) < 4.78 is 27.1. The zero-order valence-electron chi connectivity index (χ0n) is 14.4. The van der Waals surface area contributed by atoms with Crippen molar-refractivity contribution in [2.45, 2.75) is 38.5 Å². The standard InChI is InChI=1S/C19H26F2N2O/c1-22-11-7-19(8-12-22)6-3-10-23(13-9-19)17(24)14-15-4-2-5-16(20)18(15)21/h2,4-5H,3,6-14H2,1H3.